The molecule has 0 unspecified atom stereocenters. The van der Waals surface area contributed by atoms with Gasteiger partial charge in [0.1, 0.15) is 5.75 Å². The van der Waals surface area contributed by atoms with Crippen LogP contribution in [0, 0.1) is 0 Å². The second kappa shape index (κ2) is 6.21. The lowest BCUT2D eigenvalue weighted by Crippen LogP contribution is -2.24. The molecule has 0 bridgehead atoms. The Bertz CT molecular complexity index is 793. The molecular weight excluding hydrogens is 280 g/mol. The molecule has 0 amide bonds. The van der Waals surface area contributed by atoms with Gasteiger partial charge in [-0.1, -0.05) is 5.10 Å². The van der Waals surface area contributed by atoms with Crippen LogP contribution in [-0.2, 0) is 0 Å². The average molecular weight is 297 g/mol. The number of benzene rings is 1. The monoisotopic (exact) mass is 297 g/mol. The number of rotatable bonds is 5. The minimum atomic E-state index is 0.643. The number of nitrogens with zero attached hydrogens (tertiary/aromatic N) is 4. The molecule has 0 saturated heterocycles. The maximum Gasteiger partial charge on any atom is 0.325 e. The summed E-state index contributed by atoms with van der Waals surface area (Å²) < 4.78 is 7.07. The molecule has 0 saturated carbocycles. The fraction of sp³-hybridized carbons (Fsp3) is 0.200. The summed E-state index contributed by atoms with van der Waals surface area (Å²) in [5, 5.41) is 15.4. The normalized spacial score (nSPS) is 11.6. The van der Waals surface area contributed by atoms with Gasteiger partial charge < -0.3 is 4.74 Å². The number of aromatic nitrogens is 4. The van der Waals surface area contributed by atoms with Crippen molar-refractivity contribution in [3.63, 3.8) is 0 Å². The first-order chi connectivity index (χ1) is 10.8. The molecule has 2 aromatic heterocycles. The summed E-state index contributed by atoms with van der Waals surface area (Å²) in [6.07, 6.45) is 1.67. The number of anilines is 1. The first-order valence-corrected chi connectivity index (χ1v) is 7.02. The van der Waals surface area contributed by atoms with Crippen LogP contribution in [0.3, 0.4) is 0 Å². The van der Waals surface area contributed by atoms with E-state index in [9.17, 15) is 0 Å². The minimum Gasteiger partial charge on any atom is -0.494 e. The molecule has 0 fully saturated rings. The highest BCUT2D eigenvalue weighted by Gasteiger charge is 2.05. The number of hydrazone groups is 1. The Labute approximate surface area is 127 Å². The Morgan fingerprint density at radius 3 is 2.86 bits per heavy atom. The van der Waals surface area contributed by atoms with Crippen molar-refractivity contribution in [2.24, 2.45) is 5.10 Å². The van der Waals surface area contributed by atoms with Gasteiger partial charge in [0, 0.05) is 11.2 Å². The van der Waals surface area contributed by atoms with Crippen molar-refractivity contribution in [3.05, 3.63) is 48.3 Å². The van der Waals surface area contributed by atoms with Crippen LogP contribution < -0.4 is 14.7 Å². The number of H-pyrrole nitrogens is 1. The van der Waals surface area contributed by atoms with Crippen LogP contribution in [-0.4, -0.2) is 27.6 Å². The zero-order valence-corrected chi connectivity index (χ0v) is 12.4. The summed E-state index contributed by atoms with van der Waals surface area (Å²) in [7, 11) is 0. The van der Waals surface area contributed by atoms with Crippen molar-refractivity contribution < 1.29 is 9.25 Å². The maximum absolute atomic E-state index is 5.43. The third kappa shape index (κ3) is 3.03. The van der Waals surface area contributed by atoms with E-state index in [2.05, 4.69) is 25.8 Å². The average Bonchev–Trinajstić information content (AvgIpc) is 3.01. The Morgan fingerprint density at radius 1 is 1.27 bits per heavy atom. The second-order valence-electron chi connectivity index (χ2n) is 4.66. The number of hydrogen-bond acceptors (Lipinski definition) is 5. The molecule has 0 atom stereocenters. The van der Waals surface area contributed by atoms with Gasteiger partial charge in [0.25, 0.3) is 0 Å². The van der Waals surface area contributed by atoms with Crippen molar-refractivity contribution in [3.8, 4) is 5.75 Å². The van der Waals surface area contributed by atoms with Gasteiger partial charge in [-0.05, 0) is 49.7 Å². The summed E-state index contributed by atoms with van der Waals surface area (Å²) in [5.74, 6) is 1.50. The van der Waals surface area contributed by atoms with E-state index in [1.807, 2.05) is 50.2 Å². The molecule has 3 aromatic rings. The van der Waals surface area contributed by atoms with Gasteiger partial charge >= 0.3 is 5.65 Å². The maximum atomic E-state index is 5.43. The van der Waals surface area contributed by atoms with Crippen molar-refractivity contribution in [1.82, 2.24) is 15.3 Å². The molecule has 0 spiro atoms. The number of hydrogen-bond donors (Lipinski definition) is 2. The molecule has 0 aliphatic rings. The van der Waals surface area contributed by atoms with Crippen LogP contribution in [0.25, 0.3) is 5.65 Å². The largest absolute Gasteiger partial charge is 0.494 e. The zero-order chi connectivity index (χ0) is 15.4. The van der Waals surface area contributed by atoms with E-state index in [1.165, 1.54) is 0 Å². The van der Waals surface area contributed by atoms with Gasteiger partial charge in [0.2, 0.25) is 6.33 Å². The van der Waals surface area contributed by atoms with Crippen LogP contribution in [0.5, 0.6) is 5.75 Å². The third-order valence-corrected chi connectivity index (χ3v) is 3.12. The number of nitrogens with one attached hydrogen (secondary N) is 2. The van der Waals surface area contributed by atoms with Gasteiger partial charge in [-0.25, -0.2) is 0 Å². The van der Waals surface area contributed by atoms with Crippen molar-refractivity contribution in [1.29, 1.82) is 0 Å². The van der Waals surface area contributed by atoms with Crippen LogP contribution >= 0.6 is 0 Å². The van der Waals surface area contributed by atoms with Crippen LogP contribution in [0.1, 0.15) is 19.4 Å². The van der Waals surface area contributed by atoms with E-state index in [0.717, 1.165) is 22.7 Å². The number of aromatic amines is 1. The highest BCUT2D eigenvalue weighted by atomic mass is 16.5. The van der Waals surface area contributed by atoms with Crippen LogP contribution in [0.15, 0.2) is 47.8 Å². The Hall–Kier alpha value is -2.96. The molecule has 2 N–H and O–H groups in total. The fourth-order valence-electron chi connectivity index (χ4n) is 1.99. The van der Waals surface area contributed by atoms with E-state index in [-0.39, 0.29) is 0 Å². The molecular formula is C15H17N6O+. The molecule has 0 aliphatic heterocycles. The van der Waals surface area contributed by atoms with Crippen LogP contribution in [0.2, 0.25) is 0 Å². The minimum absolute atomic E-state index is 0.643. The molecule has 7 heteroatoms. The lowest BCUT2D eigenvalue weighted by atomic mass is 10.1. The Balaban J connectivity index is 1.73. The van der Waals surface area contributed by atoms with Crippen molar-refractivity contribution in [2.45, 2.75) is 13.8 Å². The topological polar surface area (TPSA) is 79.3 Å². The van der Waals surface area contributed by atoms with Gasteiger partial charge in [0.05, 0.1) is 12.3 Å². The fourth-order valence-corrected chi connectivity index (χ4v) is 1.99. The smallest absolute Gasteiger partial charge is 0.325 e. The van der Waals surface area contributed by atoms with Gasteiger partial charge in [-0.15, -0.1) is 9.61 Å². The SMILES string of the molecule is CCOc1ccc(/C(C)=N\Nc2ccc3n[nH]c[n+]3n2)cc1. The molecule has 22 heavy (non-hydrogen) atoms. The summed E-state index contributed by atoms with van der Waals surface area (Å²) in [6, 6.07) is 11.5. The third-order valence-electron chi connectivity index (χ3n) is 3.12. The molecule has 0 radical (unpaired) electrons. The summed E-state index contributed by atoms with van der Waals surface area (Å²) in [4.78, 5) is 0. The molecule has 1 aromatic carbocycles. The molecule has 7 nitrogen and oxygen atoms in total. The Morgan fingerprint density at radius 2 is 2.09 bits per heavy atom. The van der Waals surface area contributed by atoms with Gasteiger partial charge in [-0.2, -0.15) is 5.10 Å². The van der Waals surface area contributed by atoms with Gasteiger partial charge in [-0.3, -0.25) is 5.43 Å². The molecule has 2 heterocycles. The standard InChI is InChI=1S/C15H16N6O/c1-3-22-13-6-4-12(5-7-13)11(2)17-18-14-8-9-15-19-16-10-21(15)20-14/h4-10H,3H2,1-2H3,(H,18,20)/p+1/b17-11-. The first kappa shape index (κ1) is 14.0. The Kier molecular flexibility index (Phi) is 3.95. The number of fused-ring (bicyclic) bond motifs is 1. The second-order valence-corrected chi connectivity index (χ2v) is 4.66. The summed E-state index contributed by atoms with van der Waals surface area (Å²) in [6.45, 7) is 4.56. The summed E-state index contributed by atoms with van der Waals surface area (Å²) >= 11 is 0. The van der Waals surface area contributed by atoms with E-state index < -0.39 is 0 Å². The van der Waals surface area contributed by atoms with E-state index in [1.54, 1.807) is 10.8 Å². The van der Waals surface area contributed by atoms with Crippen molar-refractivity contribution >= 4 is 17.2 Å². The predicted molar refractivity (Wildman–Crippen MR) is 83.0 cm³/mol. The zero-order valence-electron chi connectivity index (χ0n) is 12.4. The van der Waals surface area contributed by atoms with E-state index >= 15 is 0 Å². The molecule has 3 rings (SSSR count). The number of ether oxygens (including phenoxy) is 1. The predicted octanol–water partition coefficient (Wildman–Crippen LogP) is 1.78. The highest BCUT2D eigenvalue weighted by Crippen LogP contribution is 2.13. The lowest BCUT2D eigenvalue weighted by molar-refractivity contribution is -0.579. The lowest BCUT2D eigenvalue weighted by Gasteiger charge is -2.05. The first-order valence-electron chi connectivity index (χ1n) is 7.02. The molecule has 0 aliphatic carbocycles. The van der Waals surface area contributed by atoms with Gasteiger partial charge in [0.15, 0.2) is 5.82 Å². The van der Waals surface area contributed by atoms with E-state index in [4.69, 9.17) is 4.74 Å². The van der Waals surface area contributed by atoms with Crippen LogP contribution in [0.4, 0.5) is 5.82 Å². The summed E-state index contributed by atoms with van der Waals surface area (Å²) in [5.41, 5.74) is 5.58. The molecule has 112 valence electrons. The van der Waals surface area contributed by atoms with E-state index in [0.29, 0.717) is 12.4 Å². The van der Waals surface area contributed by atoms with Crippen molar-refractivity contribution in [2.75, 3.05) is 12.0 Å². The quantitative estimate of drug-likeness (QED) is 0.427. The highest BCUT2D eigenvalue weighted by molar-refractivity contribution is 5.99.